The maximum Gasteiger partial charge on any atom is 0.214 e. The van der Waals surface area contributed by atoms with E-state index in [-0.39, 0.29) is 0 Å². The molecule has 0 saturated heterocycles. The molecule has 106 valence electrons. The summed E-state index contributed by atoms with van der Waals surface area (Å²) in [7, 11) is 1.96. The van der Waals surface area contributed by atoms with Gasteiger partial charge in [0, 0.05) is 11.4 Å². The van der Waals surface area contributed by atoms with E-state index < -0.39 is 0 Å². The zero-order valence-electron chi connectivity index (χ0n) is 11.6. The molecule has 1 aliphatic carbocycles. The lowest BCUT2D eigenvalue weighted by Gasteiger charge is -2.12. The van der Waals surface area contributed by atoms with Crippen LogP contribution < -0.4 is 5.32 Å². The number of hydrogen-bond acceptors (Lipinski definition) is 5. The van der Waals surface area contributed by atoms with Crippen molar-refractivity contribution < 1.29 is 0 Å². The van der Waals surface area contributed by atoms with Crippen LogP contribution in [0, 0.1) is 0 Å². The summed E-state index contributed by atoms with van der Waals surface area (Å²) in [5.41, 5.74) is 1.28. The molecule has 0 spiro atoms. The summed E-state index contributed by atoms with van der Waals surface area (Å²) in [5, 5.41) is 16.4. The number of aromatic nitrogens is 4. The third kappa shape index (κ3) is 2.86. The van der Waals surface area contributed by atoms with E-state index in [4.69, 9.17) is 0 Å². The molecule has 1 aromatic heterocycles. The fourth-order valence-corrected chi connectivity index (χ4v) is 3.64. The van der Waals surface area contributed by atoms with Gasteiger partial charge in [-0.1, -0.05) is 31.0 Å². The van der Waals surface area contributed by atoms with Gasteiger partial charge in [-0.3, -0.25) is 0 Å². The molecule has 2 aromatic rings. The standard InChI is InChI=1S/C14H19N5S/c1-15-10-11-6-2-5-9-13(11)20-14-16-17-18-19(14)12-7-3-4-8-12/h2,5-6,9,12,15H,3-4,7-8,10H2,1H3. The monoisotopic (exact) mass is 289 g/mol. The summed E-state index contributed by atoms with van der Waals surface area (Å²) in [5.74, 6) is 0. The van der Waals surface area contributed by atoms with E-state index in [9.17, 15) is 0 Å². The van der Waals surface area contributed by atoms with Crippen LogP contribution in [0.15, 0.2) is 34.3 Å². The second-order valence-corrected chi connectivity index (χ2v) is 6.09. The second-order valence-electron chi connectivity index (χ2n) is 5.08. The normalized spacial score (nSPS) is 15.8. The first-order valence-electron chi connectivity index (χ1n) is 7.06. The highest BCUT2D eigenvalue weighted by Gasteiger charge is 2.22. The Balaban J connectivity index is 1.83. The van der Waals surface area contributed by atoms with Crippen LogP contribution in [-0.2, 0) is 6.54 Å². The minimum Gasteiger partial charge on any atom is -0.316 e. The van der Waals surface area contributed by atoms with E-state index in [1.807, 2.05) is 11.7 Å². The second kappa shape index (κ2) is 6.37. The summed E-state index contributed by atoms with van der Waals surface area (Å²) < 4.78 is 2.01. The molecule has 6 heteroatoms. The molecule has 3 rings (SSSR count). The largest absolute Gasteiger partial charge is 0.316 e. The van der Waals surface area contributed by atoms with Gasteiger partial charge >= 0.3 is 0 Å². The fraction of sp³-hybridized carbons (Fsp3) is 0.500. The van der Waals surface area contributed by atoms with Crippen LogP contribution in [0.1, 0.15) is 37.3 Å². The van der Waals surface area contributed by atoms with Crippen LogP contribution in [-0.4, -0.2) is 27.3 Å². The first-order chi connectivity index (χ1) is 9.88. The number of nitrogens with one attached hydrogen (secondary N) is 1. The maximum atomic E-state index is 4.20. The molecule has 0 unspecified atom stereocenters. The summed E-state index contributed by atoms with van der Waals surface area (Å²) in [6.07, 6.45) is 4.95. The number of hydrogen-bond donors (Lipinski definition) is 1. The van der Waals surface area contributed by atoms with Gasteiger partial charge in [0.15, 0.2) is 0 Å². The number of tetrazole rings is 1. The zero-order chi connectivity index (χ0) is 13.8. The van der Waals surface area contributed by atoms with Crippen LogP contribution in [0.2, 0.25) is 0 Å². The molecule has 0 atom stereocenters. The first-order valence-corrected chi connectivity index (χ1v) is 7.88. The SMILES string of the molecule is CNCc1ccccc1Sc1nnnn1C1CCCC1. The molecule has 0 aliphatic heterocycles. The Morgan fingerprint density at radius 3 is 2.90 bits per heavy atom. The van der Waals surface area contributed by atoms with E-state index in [2.05, 4.69) is 45.1 Å². The highest BCUT2D eigenvalue weighted by atomic mass is 32.2. The molecular weight excluding hydrogens is 270 g/mol. The number of nitrogens with zero attached hydrogens (tertiary/aromatic N) is 4. The van der Waals surface area contributed by atoms with Gasteiger partial charge in [0.1, 0.15) is 0 Å². The average molecular weight is 289 g/mol. The van der Waals surface area contributed by atoms with Crippen molar-refractivity contribution in [1.82, 2.24) is 25.5 Å². The van der Waals surface area contributed by atoms with Gasteiger partial charge in [0.05, 0.1) is 6.04 Å². The van der Waals surface area contributed by atoms with Crippen LogP contribution in [0.4, 0.5) is 0 Å². The number of benzene rings is 1. The summed E-state index contributed by atoms with van der Waals surface area (Å²) in [4.78, 5) is 1.22. The van der Waals surface area contributed by atoms with Gasteiger partial charge in [-0.25, -0.2) is 4.68 Å². The maximum absolute atomic E-state index is 4.20. The molecule has 1 heterocycles. The molecule has 20 heavy (non-hydrogen) atoms. The molecule has 0 amide bonds. The average Bonchev–Trinajstić information content (AvgIpc) is 3.11. The van der Waals surface area contributed by atoms with E-state index in [1.165, 1.54) is 36.1 Å². The lowest BCUT2D eigenvalue weighted by atomic mass is 10.2. The summed E-state index contributed by atoms with van der Waals surface area (Å²) >= 11 is 1.66. The van der Waals surface area contributed by atoms with Gasteiger partial charge in [0.2, 0.25) is 5.16 Å². The van der Waals surface area contributed by atoms with E-state index in [0.717, 1.165) is 11.7 Å². The van der Waals surface area contributed by atoms with Crippen LogP contribution in [0.3, 0.4) is 0 Å². The molecule has 0 bridgehead atoms. The Hall–Kier alpha value is -1.40. The Labute approximate surface area is 123 Å². The van der Waals surface area contributed by atoms with Crippen LogP contribution in [0.25, 0.3) is 0 Å². The van der Waals surface area contributed by atoms with Crippen molar-refractivity contribution in [1.29, 1.82) is 0 Å². The van der Waals surface area contributed by atoms with Crippen molar-refractivity contribution >= 4 is 11.8 Å². The summed E-state index contributed by atoms with van der Waals surface area (Å²) in [6, 6.07) is 8.87. The zero-order valence-corrected chi connectivity index (χ0v) is 12.4. The van der Waals surface area contributed by atoms with Gasteiger partial charge < -0.3 is 5.32 Å². The van der Waals surface area contributed by atoms with Crippen molar-refractivity contribution in [2.75, 3.05) is 7.05 Å². The molecule has 0 radical (unpaired) electrons. The van der Waals surface area contributed by atoms with Gasteiger partial charge in [-0.05, 0) is 53.7 Å². The Morgan fingerprint density at radius 1 is 1.30 bits per heavy atom. The van der Waals surface area contributed by atoms with Crippen molar-refractivity contribution in [3.8, 4) is 0 Å². The Morgan fingerprint density at radius 2 is 2.10 bits per heavy atom. The summed E-state index contributed by atoms with van der Waals surface area (Å²) in [6.45, 7) is 0.855. The third-order valence-corrected chi connectivity index (χ3v) is 4.74. The van der Waals surface area contributed by atoms with E-state index >= 15 is 0 Å². The predicted molar refractivity (Wildman–Crippen MR) is 78.7 cm³/mol. The molecule has 1 fully saturated rings. The van der Waals surface area contributed by atoms with Crippen molar-refractivity contribution in [2.24, 2.45) is 0 Å². The highest BCUT2D eigenvalue weighted by Crippen LogP contribution is 2.34. The molecule has 5 nitrogen and oxygen atoms in total. The van der Waals surface area contributed by atoms with E-state index in [1.54, 1.807) is 11.8 Å². The van der Waals surface area contributed by atoms with Gasteiger partial charge in [-0.15, -0.1) is 5.10 Å². The molecule has 1 N–H and O–H groups in total. The third-order valence-electron chi connectivity index (χ3n) is 3.67. The van der Waals surface area contributed by atoms with Crippen molar-refractivity contribution in [3.05, 3.63) is 29.8 Å². The Bertz CT molecular complexity index is 562. The lowest BCUT2D eigenvalue weighted by Crippen LogP contribution is -2.09. The van der Waals surface area contributed by atoms with Gasteiger partial charge in [0.25, 0.3) is 0 Å². The highest BCUT2D eigenvalue weighted by molar-refractivity contribution is 7.99. The number of rotatable bonds is 5. The quantitative estimate of drug-likeness (QED) is 0.917. The Kier molecular flexibility index (Phi) is 4.32. The van der Waals surface area contributed by atoms with Crippen LogP contribution in [0.5, 0.6) is 0 Å². The molecule has 1 aliphatic rings. The smallest absolute Gasteiger partial charge is 0.214 e. The molecule has 1 saturated carbocycles. The topological polar surface area (TPSA) is 55.6 Å². The minimum absolute atomic E-state index is 0.476. The van der Waals surface area contributed by atoms with E-state index in [0.29, 0.717) is 6.04 Å². The van der Waals surface area contributed by atoms with Crippen molar-refractivity contribution in [2.45, 2.75) is 48.3 Å². The predicted octanol–water partition coefficient (Wildman–Crippen LogP) is 2.66. The van der Waals surface area contributed by atoms with Crippen LogP contribution >= 0.6 is 11.8 Å². The van der Waals surface area contributed by atoms with Gasteiger partial charge in [-0.2, -0.15) is 0 Å². The van der Waals surface area contributed by atoms with Crippen molar-refractivity contribution in [3.63, 3.8) is 0 Å². The first kappa shape index (κ1) is 13.6. The molecular formula is C14H19N5S. The fourth-order valence-electron chi connectivity index (χ4n) is 2.67. The lowest BCUT2D eigenvalue weighted by molar-refractivity contribution is 0.423. The minimum atomic E-state index is 0.476. The molecule has 1 aromatic carbocycles.